The predicted octanol–water partition coefficient (Wildman–Crippen LogP) is 4.35. The number of hydrogen-bond acceptors (Lipinski definition) is 1. The molecule has 2 rings (SSSR count). The van der Waals surface area contributed by atoms with Crippen molar-refractivity contribution in [2.45, 2.75) is 64.3 Å². The summed E-state index contributed by atoms with van der Waals surface area (Å²) >= 11 is 0. The molecule has 1 aromatic carbocycles. The first kappa shape index (κ1) is 13.6. The van der Waals surface area contributed by atoms with Gasteiger partial charge in [0.1, 0.15) is 0 Å². The molecule has 0 aliphatic heterocycles. The van der Waals surface area contributed by atoms with Gasteiger partial charge in [0.25, 0.3) is 0 Å². The molecule has 0 spiro atoms. The van der Waals surface area contributed by atoms with Crippen LogP contribution in [-0.2, 0) is 11.0 Å². The molecule has 2 N–H and O–H groups in total. The molecule has 1 nitrogen and oxygen atoms in total. The quantitative estimate of drug-likeness (QED) is 0.842. The molecule has 0 atom stereocenters. The van der Waals surface area contributed by atoms with Gasteiger partial charge < -0.3 is 5.73 Å². The van der Waals surface area contributed by atoms with Gasteiger partial charge in [0.2, 0.25) is 0 Å². The van der Waals surface area contributed by atoms with Gasteiger partial charge in [0, 0.05) is 5.54 Å². The second kappa shape index (κ2) is 4.70. The van der Waals surface area contributed by atoms with Crippen LogP contribution in [0.25, 0.3) is 0 Å². The third-order valence-corrected chi connectivity index (χ3v) is 4.33. The maximum Gasteiger partial charge on any atom is 0.0415 e. The molecule has 1 aromatic rings. The number of benzene rings is 1. The maximum absolute atomic E-state index is 6.50. The second-order valence-electron chi connectivity index (χ2n) is 7.05. The molecule has 1 heteroatoms. The lowest BCUT2D eigenvalue weighted by Crippen LogP contribution is -2.48. The Hall–Kier alpha value is -0.820. The molecule has 0 aromatic heterocycles. The van der Waals surface area contributed by atoms with Gasteiger partial charge >= 0.3 is 0 Å². The minimum Gasteiger partial charge on any atom is -0.321 e. The van der Waals surface area contributed by atoms with E-state index in [1.54, 1.807) is 0 Å². The van der Waals surface area contributed by atoms with Gasteiger partial charge in [-0.05, 0) is 35.3 Å². The summed E-state index contributed by atoms with van der Waals surface area (Å²) in [6.07, 6.45) is 4.94. The van der Waals surface area contributed by atoms with E-state index in [4.69, 9.17) is 5.73 Å². The smallest absolute Gasteiger partial charge is 0.0415 e. The maximum atomic E-state index is 6.50. The van der Waals surface area contributed by atoms with Crippen molar-refractivity contribution >= 4 is 0 Å². The minimum atomic E-state index is -0.0454. The Kier molecular flexibility index (Phi) is 3.55. The van der Waals surface area contributed by atoms with Crippen molar-refractivity contribution in [3.8, 4) is 0 Å². The van der Waals surface area contributed by atoms with E-state index in [2.05, 4.69) is 52.0 Å². The summed E-state index contributed by atoms with van der Waals surface area (Å²) in [6.45, 7) is 9.01. The Balaban J connectivity index is 2.07. The van der Waals surface area contributed by atoms with Crippen molar-refractivity contribution in [2.24, 2.45) is 11.7 Å². The zero-order valence-electron chi connectivity index (χ0n) is 12.3. The lowest BCUT2D eigenvalue weighted by Gasteiger charge is -2.45. The lowest BCUT2D eigenvalue weighted by molar-refractivity contribution is 0.138. The Labute approximate surface area is 112 Å². The standard InChI is InChI=1S/C17H27N/c1-5-6-13-11-17(18,12-13)15-9-7-14(8-10-15)16(2,3)4/h7-10,13H,5-6,11-12,18H2,1-4H3. The van der Waals surface area contributed by atoms with E-state index in [-0.39, 0.29) is 11.0 Å². The third kappa shape index (κ3) is 2.61. The van der Waals surface area contributed by atoms with Crippen LogP contribution in [0.15, 0.2) is 24.3 Å². The molecular weight excluding hydrogens is 218 g/mol. The Morgan fingerprint density at radius 3 is 2.17 bits per heavy atom. The predicted molar refractivity (Wildman–Crippen MR) is 78.6 cm³/mol. The highest BCUT2D eigenvalue weighted by Gasteiger charge is 2.41. The number of nitrogens with two attached hydrogens (primary N) is 1. The summed E-state index contributed by atoms with van der Waals surface area (Å²) in [4.78, 5) is 0. The third-order valence-electron chi connectivity index (χ3n) is 4.33. The van der Waals surface area contributed by atoms with E-state index in [1.165, 1.54) is 24.0 Å². The van der Waals surface area contributed by atoms with E-state index in [0.29, 0.717) is 0 Å². The average molecular weight is 245 g/mol. The van der Waals surface area contributed by atoms with Crippen molar-refractivity contribution in [3.05, 3.63) is 35.4 Å². The van der Waals surface area contributed by atoms with E-state index >= 15 is 0 Å². The lowest BCUT2D eigenvalue weighted by atomic mass is 9.64. The summed E-state index contributed by atoms with van der Waals surface area (Å²) in [6, 6.07) is 8.97. The van der Waals surface area contributed by atoms with Crippen molar-refractivity contribution < 1.29 is 0 Å². The molecule has 0 saturated heterocycles. The first-order chi connectivity index (χ1) is 8.35. The van der Waals surface area contributed by atoms with Crippen LogP contribution in [0, 0.1) is 5.92 Å². The van der Waals surface area contributed by atoms with Crippen LogP contribution in [0.4, 0.5) is 0 Å². The number of hydrogen-bond donors (Lipinski definition) is 1. The van der Waals surface area contributed by atoms with Crippen LogP contribution in [-0.4, -0.2) is 0 Å². The largest absolute Gasteiger partial charge is 0.321 e. The number of rotatable bonds is 3. The fourth-order valence-corrected chi connectivity index (χ4v) is 3.12. The SMILES string of the molecule is CCCC1CC(N)(c2ccc(C(C)(C)C)cc2)C1. The van der Waals surface area contributed by atoms with Crippen LogP contribution in [0.1, 0.15) is 64.5 Å². The molecule has 1 fully saturated rings. The Morgan fingerprint density at radius 1 is 1.17 bits per heavy atom. The summed E-state index contributed by atoms with van der Waals surface area (Å²) in [5, 5.41) is 0. The van der Waals surface area contributed by atoms with E-state index < -0.39 is 0 Å². The van der Waals surface area contributed by atoms with Gasteiger partial charge in [-0.1, -0.05) is 64.8 Å². The molecular formula is C17H27N. The Bertz CT molecular complexity index is 391. The van der Waals surface area contributed by atoms with Crippen LogP contribution >= 0.6 is 0 Å². The van der Waals surface area contributed by atoms with Gasteiger partial charge in [-0.25, -0.2) is 0 Å². The van der Waals surface area contributed by atoms with Crippen LogP contribution in [0.3, 0.4) is 0 Å². The fraction of sp³-hybridized carbons (Fsp3) is 0.647. The van der Waals surface area contributed by atoms with Gasteiger partial charge in [-0.3, -0.25) is 0 Å². The monoisotopic (exact) mass is 245 g/mol. The molecule has 18 heavy (non-hydrogen) atoms. The topological polar surface area (TPSA) is 26.0 Å². The van der Waals surface area contributed by atoms with Crippen molar-refractivity contribution in [2.75, 3.05) is 0 Å². The van der Waals surface area contributed by atoms with Crippen molar-refractivity contribution in [3.63, 3.8) is 0 Å². The van der Waals surface area contributed by atoms with E-state index in [9.17, 15) is 0 Å². The molecule has 100 valence electrons. The highest BCUT2D eigenvalue weighted by molar-refractivity contribution is 5.33. The van der Waals surface area contributed by atoms with Crippen LogP contribution in [0.2, 0.25) is 0 Å². The van der Waals surface area contributed by atoms with Gasteiger partial charge in [0.15, 0.2) is 0 Å². The Morgan fingerprint density at radius 2 is 1.72 bits per heavy atom. The molecule has 0 heterocycles. The summed E-state index contributed by atoms with van der Waals surface area (Å²) in [5.41, 5.74) is 9.40. The van der Waals surface area contributed by atoms with E-state index in [1.807, 2.05) is 0 Å². The van der Waals surface area contributed by atoms with Crippen LogP contribution in [0.5, 0.6) is 0 Å². The zero-order chi connectivity index (χ0) is 13.4. The molecule has 1 aliphatic rings. The van der Waals surface area contributed by atoms with Gasteiger partial charge in [-0.15, -0.1) is 0 Å². The molecule has 1 aliphatic carbocycles. The molecule has 1 saturated carbocycles. The minimum absolute atomic E-state index is 0.0454. The molecule has 0 amide bonds. The first-order valence-corrected chi connectivity index (χ1v) is 7.25. The summed E-state index contributed by atoms with van der Waals surface area (Å²) in [5.74, 6) is 0.849. The highest BCUT2D eigenvalue weighted by Crippen LogP contribution is 2.45. The average Bonchev–Trinajstić information content (AvgIpc) is 2.26. The molecule has 0 bridgehead atoms. The van der Waals surface area contributed by atoms with Crippen molar-refractivity contribution in [1.29, 1.82) is 0 Å². The van der Waals surface area contributed by atoms with Gasteiger partial charge in [-0.2, -0.15) is 0 Å². The normalized spacial score (nSPS) is 27.9. The van der Waals surface area contributed by atoms with Crippen LogP contribution < -0.4 is 5.73 Å². The molecule has 0 radical (unpaired) electrons. The van der Waals surface area contributed by atoms with Gasteiger partial charge in [0.05, 0.1) is 0 Å². The van der Waals surface area contributed by atoms with E-state index in [0.717, 1.165) is 18.8 Å². The first-order valence-electron chi connectivity index (χ1n) is 7.25. The second-order valence-corrected chi connectivity index (χ2v) is 7.05. The summed E-state index contributed by atoms with van der Waals surface area (Å²) in [7, 11) is 0. The zero-order valence-corrected chi connectivity index (χ0v) is 12.3. The molecule has 0 unspecified atom stereocenters. The fourth-order valence-electron chi connectivity index (χ4n) is 3.12. The highest BCUT2D eigenvalue weighted by atomic mass is 14.8. The van der Waals surface area contributed by atoms with Crippen molar-refractivity contribution in [1.82, 2.24) is 0 Å². The summed E-state index contributed by atoms with van der Waals surface area (Å²) < 4.78 is 0.